The summed E-state index contributed by atoms with van der Waals surface area (Å²) in [6.45, 7) is 2.59. The van der Waals surface area contributed by atoms with Gasteiger partial charge in [0, 0.05) is 39.5 Å². The fraction of sp³-hybridized carbons (Fsp3) is 0.348. The Balaban J connectivity index is 1.56. The minimum atomic E-state index is -0.208. The van der Waals surface area contributed by atoms with E-state index in [0.29, 0.717) is 12.1 Å². The standard InChI is InChI=1S/C23H30N6OS/c1-23(10-11-23)22(30)28-18-7-3-8-19(14-18)29-31-20-9-2-5-16(13-20)21(26)27-15-17(25)6-4-12-24/h2-3,5,7-9,13-15,17,26,29H,4,6,10-12,24-25H2,1H3,(H,28,30). The molecule has 1 amide bonds. The number of hydrogen-bond acceptors (Lipinski definition) is 6. The molecule has 1 saturated carbocycles. The number of anilines is 2. The number of nitrogens with two attached hydrogens (primary N) is 2. The van der Waals surface area contributed by atoms with Crippen molar-refractivity contribution in [1.82, 2.24) is 0 Å². The third kappa shape index (κ3) is 6.92. The molecular formula is C23H30N6OS. The number of amidine groups is 1. The smallest absolute Gasteiger partial charge is 0.230 e. The van der Waals surface area contributed by atoms with Gasteiger partial charge in [-0.3, -0.25) is 10.2 Å². The molecule has 0 radical (unpaired) electrons. The van der Waals surface area contributed by atoms with E-state index in [2.05, 4.69) is 15.0 Å². The summed E-state index contributed by atoms with van der Waals surface area (Å²) in [5.41, 5.74) is 13.6. The van der Waals surface area contributed by atoms with Gasteiger partial charge in [0.15, 0.2) is 5.84 Å². The lowest BCUT2D eigenvalue weighted by Gasteiger charge is -2.12. The Morgan fingerprint density at radius 2 is 2.00 bits per heavy atom. The van der Waals surface area contributed by atoms with Crippen molar-refractivity contribution in [1.29, 1.82) is 5.41 Å². The summed E-state index contributed by atoms with van der Waals surface area (Å²) in [5, 5.41) is 11.2. The highest BCUT2D eigenvalue weighted by molar-refractivity contribution is 8.00. The van der Waals surface area contributed by atoms with Crippen LogP contribution >= 0.6 is 11.9 Å². The van der Waals surface area contributed by atoms with Crippen molar-refractivity contribution in [3.8, 4) is 0 Å². The Morgan fingerprint density at radius 3 is 2.74 bits per heavy atom. The van der Waals surface area contributed by atoms with Gasteiger partial charge in [-0.2, -0.15) is 0 Å². The maximum Gasteiger partial charge on any atom is 0.230 e. The van der Waals surface area contributed by atoms with Crippen LogP contribution in [0.4, 0.5) is 11.4 Å². The minimum absolute atomic E-state index is 0.0758. The summed E-state index contributed by atoms with van der Waals surface area (Å²) in [7, 11) is 0. The van der Waals surface area contributed by atoms with Crippen molar-refractivity contribution >= 4 is 41.3 Å². The number of aliphatic imine (C=N–C) groups is 1. The molecule has 1 atom stereocenters. The Kier molecular flexibility index (Phi) is 7.84. The topological polar surface area (TPSA) is 129 Å². The van der Waals surface area contributed by atoms with E-state index in [-0.39, 0.29) is 23.2 Å². The van der Waals surface area contributed by atoms with Gasteiger partial charge in [0.1, 0.15) is 0 Å². The zero-order valence-corrected chi connectivity index (χ0v) is 18.5. The Bertz CT molecular complexity index is 957. The predicted octanol–water partition coefficient (Wildman–Crippen LogP) is 4.01. The van der Waals surface area contributed by atoms with Gasteiger partial charge in [-0.15, -0.1) is 0 Å². The van der Waals surface area contributed by atoms with Crippen molar-refractivity contribution in [3.05, 3.63) is 54.1 Å². The summed E-state index contributed by atoms with van der Waals surface area (Å²) in [6.07, 6.45) is 5.09. The fourth-order valence-electron chi connectivity index (χ4n) is 2.85. The number of nitrogens with one attached hydrogen (secondary N) is 3. The molecule has 8 heteroatoms. The lowest BCUT2D eigenvalue weighted by Crippen LogP contribution is -2.23. The molecule has 0 spiro atoms. The SMILES string of the molecule is CC1(C(=O)Nc2cccc(NSc3cccc(C(=N)N=CC(N)CCCN)c3)c2)CC1. The van der Waals surface area contributed by atoms with E-state index >= 15 is 0 Å². The molecule has 7 N–H and O–H groups in total. The number of hydrogen-bond donors (Lipinski definition) is 5. The molecule has 2 aromatic carbocycles. The van der Waals surface area contributed by atoms with Gasteiger partial charge in [0.05, 0.1) is 0 Å². The van der Waals surface area contributed by atoms with Crippen LogP contribution in [-0.2, 0) is 4.79 Å². The van der Waals surface area contributed by atoms with E-state index in [1.54, 1.807) is 6.21 Å². The van der Waals surface area contributed by atoms with Gasteiger partial charge in [0.2, 0.25) is 5.91 Å². The van der Waals surface area contributed by atoms with Crippen molar-refractivity contribution in [2.75, 3.05) is 16.6 Å². The van der Waals surface area contributed by atoms with Crippen molar-refractivity contribution < 1.29 is 4.79 Å². The summed E-state index contributed by atoms with van der Waals surface area (Å²) in [4.78, 5) is 17.4. The first-order chi connectivity index (χ1) is 14.9. The quantitative estimate of drug-likeness (QED) is 0.217. The zero-order valence-electron chi connectivity index (χ0n) is 17.7. The first kappa shape index (κ1) is 23.0. The van der Waals surface area contributed by atoms with Crippen LogP contribution in [0, 0.1) is 10.8 Å². The van der Waals surface area contributed by atoms with Crippen molar-refractivity contribution in [3.63, 3.8) is 0 Å². The largest absolute Gasteiger partial charge is 0.330 e. The molecule has 164 valence electrons. The minimum Gasteiger partial charge on any atom is -0.330 e. The van der Waals surface area contributed by atoms with Gasteiger partial charge in [-0.25, -0.2) is 4.99 Å². The van der Waals surface area contributed by atoms with E-state index in [9.17, 15) is 4.79 Å². The van der Waals surface area contributed by atoms with Crippen LogP contribution in [0.5, 0.6) is 0 Å². The molecule has 0 aliphatic heterocycles. The Morgan fingerprint density at radius 1 is 1.26 bits per heavy atom. The predicted molar refractivity (Wildman–Crippen MR) is 130 cm³/mol. The normalized spacial score (nSPS) is 15.5. The van der Waals surface area contributed by atoms with Crippen LogP contribution in [0.3, 0.4) is 0 Å². The molecule has 0 saturated heterocycles. The van der Waals surface area contributed by atoms with Gasteiger partial charge in [-0.05, 0) is 74.5 Å². The number of nitrogens with zero attached hydrogens (tertiary/aromatic N) is 1. The highest BCUT2D eigenvalue weighted by atomic mass is 32.2. The van der Waals surface area contributed by atoms with Crippen LogP contribution in [0.2, 0.25) is 0 Å². The molecule has 2 aromatic rings. The first-order valence-corrected chi connectivity index (χ1v) is 11.2. The number of rotatable bonds is 10. The second-order valence-corrected chi connectivity index (χ2v) is 8.93. The monoisotopic (exact) mass is 438 g/mol. The van der Waals surface area contributed by atoms with Gasteiger partial charge >= 0.3 is 0 Å². The van der Waals surface area contributed by atoms with E-state index in [1.165, 1.54) is 11.9 Å². The van der Waals surface area contributed by atoms with Crippen LogP contribution < -0.4 is 21.5 Å². The number of carbonyl (C=O) groups excluding carboxylic acids is 1. The summed E-state index contributed by atoms with van der Waals surface area (Å²) < 4.78 is 3.29. The lowest BCUT2D eigenvalue weighted by atomic mass is 10.1. The number of amides is 1. The van der Waals surface area contributed by atoms with Gasteiger partial charge in [-0.1, -0.05) is 25.1 Å². The van der Waals surface area contributed by atoms with Crippen LogP contribution in [0.25, 0.3) is 0 Å². The van der Waals surface area contributed by atoms with E-state index in [4.69, 9.17) is 16.9 Å². The van der Waals surface area contributed by atoms with Crippen LogP contribution in [-0.4, -0.2) is 30.5 Å². The Hall–Kier alpha value is -2.68. The average Bonchev–Trinajstić information content (AvgIpc) is 3.53. The lowest BCUT2D eigenvalue weighted by molar-refractivity contribution is -0.120. The van der Waals surface area contributed by atoms with Gasteiger partial charge in [0.25, 0.3) is 0 Å². The van der Waals surface area contributed by atoms with E-state index < -0.39 is 0 Å². The average molecular weight is 439 g/mol. The molecule has 1 aliphatic carbocycles. The molecule has 1 unspecified atom stereocenters. The second-order valence-electron chi connectivity index (χ2n) is 8.05. The summed E-state index contributed by atoms with van der Waals surface area (Å²) >= 11 is 1.44. The highest BCUT2D eigenvalue weighted by Gasteiger charge is 2.44. The molecule has 3 rings (SSSR count). The Labute approximate surface area is 187 Å². The molecule has 0 heterocycles. The first-order valence-electron chi connectivity index (χ1n) is 10.4. The van der Waals surface area contributed by atoms with Crippen molar-refractivity contribution in [2.24, 2.45) is 21.9 Å². The van der Waals surface area contributed by atoms with Crippen molar-refractivity contribution in [2.45, 2.75) is 43.5 Å². The molecule has 1 fully saturated rings. The van der Waals surface area contributed by atoms with Crippen LogP contribution in [0.15, 0.2) is 58.4 Å². The maximum atomic E-state index is 12.3. The van der Waals surface area contributed by atoms with E-state index in [0.717, 1.165) is 42.0 Å². The number of benzene rings is 2. The molecule has 0 aromatic heterocycles. The number of carbonyl (C=O) groups is 1. The molecule has 31 heavy (non-hydrogen) atoms. The molecule has 1 aliphatic rings. The zero-order chi connectivity index (χ0) is 22.3. The fourth-order valence-corrected chi connectivity index (χ4v) is 3.55. The molecular weight excluding hydrogens is 408 g/mol. The third-order valence-electron chi connectivity index (χ3n) is 5.20. The highest BCUT2D eigenvalue weighted by Crippen LogP contribution is 2.45. The maximum absolute atomic E-state index is 12.3. The van der Waals surface area contributed by atoms with Gasteiger partial charge < -0.3 is 21.5 Å². The summed E-state index contributed by atoms with van der Waals surface area (Å²) in [5.74, 6) is 0.246. The molecule has 0 bridgehead atoms. The second kappa shape index (κ2) is 10.6. The molecule has 7 nitrogen and oxygen atoms in total. The summed E-state index contributed by atoms with van der Waals surface area (Å²) in [6, 6.07) is 15.1. The van der Waals surface area contributed by atoms with E-state index in [1.807, 2.05) is 55.5 Å². The van der Waals surface area contributed by atoms with Crippen LogP contribution in [0.1, 0.15) is 38.2 Å². The third-order valence-corrected chi connectivity index (χ3v) is 6.03.